The quantitative estimate of drug-likeness (QED) is 0.856. The van der Waals surface area contributed by atoms with Crippen molar-refractivity contribution < 1.29 is 9.90 Å². The van der Waals surface area contributed by atoms with Crippen molar-refractivity contribution in [2.24, 2.45) is 0 Å². The van der Waals surface area contributed by atoms with Crippen molar-refractivity contribution in [1.29, 1.82) is 0 Å². The van der Waals surface area contributed by atoms with Crippen molar-refractivity contribution in [2.75, 3.05) is 19.6 Å². The van der Waals surface area contributed by atoms with E-state index in [0.29, 0.717) is 12.5 Å². The summed E-state index contributed by atoms with van der Waals surface area (Å²) in [5, 5.41) is 8.79. The van der Waals surface area contributed by atoms with Crippen molar-refractivity contribution in [2.45, 2.75) is 38.5 Å². The maximum Gasteiger partial charge on any atom is 0.304 e. The Morgan fingerprint density at radius 1 is 1.42 bits per heavy atom. The summed E-state index contributed by atoms with van der Waals surface area (Å²) in [7, 11) is 0. The smallest absolute Gasteiger partial charge is 0.304 e. The zero-order chi connectivity index (χ0) is 13.7. The third kappa shape index (κ3) is 3.80. The Balaban J connectivity index is 2.00. The van der Waals surface area contributed by atoms with Gasteiger partial charge in [0.25, 0.3) is 0 Å². The van der Waals surface area contributed by atoms with E-state index in [9.17, 15) is 4.79 Å². The number of aryl methyl sites for hydroxylation is 1. The van der Waals surface area contributed by atoms with Crippen LogP contribution in [0.3, 0.4) is 0 Å². The van der Waals surface area contributed by atoms with Crippen LogP contribution in [0.4, 0.5) is 0 Å². The molecule has 0 aromatic heterocycles. The van der Waals surface area contributed by atoms with Gasteiger partial charge < -0.3 is 10.0 Å². The van der Waals surface area contributed by atoms with Gasteiger partial charge in [-0.2, -0.15) is 0 Å². The summed E-state index contributed by atoms with van der Waals surface area (Å²) in [5.74, 6) is -0.138. The summed E-state index contributed by atoms with van der Waals surface area (Å²) in [6.07, 6.45) is 3.90. The third-order valence-electron chi connectivity index (χ3n) is 4.06. The Labute approximate surface area is 115 Å². The first-order chi connectivity index (χ1) is 9.20. The topological polar surface area (TPSA) is 40.5 Å². The first-order valence-corrected chi connectivity index (χ1v) is 7.22. The number of fused-ring (bicyclic) bond motifs is 1. The maximum absolute atomic E-state index is 10.7. The highest BCUT2D eigenvalue weighted by Gasteiger charge is 2.21. The molecule has 0 saturated carbocycles. The van der Waals surface area contributed by atoms with E-state index in [1.165, 1.54) is 30.4 Å². The highest BCUT2D eigenvalue weighted by molar-refractivity contribution is 5.66. The Morgan fingerprint density at radius 3 is 2.95 bits per heavy atom. The number of nitrogens with zero attached hydrogens (tertiary/aromatic N) is 1. The van der Waals surface area contributed by atoms with Crippen LogP contribution < -0.4 is 0 Å². The molecule has 0 spiro atoms. The van der Waals surface area contributed by atoms with Crippen LogP contribution in [0.5, 0.6) is 0 Å². The number of likely N-dealkylation sites (N-methyl/N-ethyl adjacent to an activating group) is 1. The van der Waals surface area contributed by atoms with E-state index in [4.69, 9.17) is 5.11 Å². The number of carbonyl (C=O) groups is 1. The second-order valence-electron chi connectivity index (χ2n) is 5.32. The lowest BCUT2D eigenvalue weighted by Gasteiger charge is -2.30. The molecule has 1 aromatic carbocycles. The van der Waals surface area contributed by atoms with Crippen LogP contribution in [-0.4, -0.2) is 35.6 Å². The van der Waals surface area contributed by atoms with Crippen LogP contribution in [0, 0.1) is 0 Å². The largest absolute Gasteiger partial charge is 0.481 e. The second kappa shape index (κ2) is 6.71. The van der Waals surface area contributed by atoms with E-state index >= 15 is 0 Å². The fraction of sp³-hybridized carbons (Fsp3) is 0.562. The minimum Gasteiger partial charge on any atom is -0.481 e. The molecule has 0 bridgehead atoms. The number of carboxylic acid groups (broad SMARTS) is 1. The molecule has 1 atom stereocenters. The Kier molecular flexibility index (Phi) is 4.97. The summed E-state index contributed by atoms with van der Waals surface area (Å²) in [4.78, 5) is 12.9. The number of rotatable bonds is 6. The number of carboxylic acids is 1. The average molecular weight is 261 g/mol. The molecule has 1 aliphatic carbocycles. The van der Waals surface area contributed by atoms with E-state index in [1.54, 1.807) is 0 Å². The molecule has 0 radical (unpaired) electrons. The van der Waals surface area contributed by atoms with Crippen molar-refractivity contribution >= 4 is 5.97 Å². The van der Waals surface area contributed by atoms with Crippen molar-refractivity contribution in [3.8, 4) is 0 Å². The van der Waals surface area contributed by atoms with Crippen LogP contribution >= 0.6 is 0 Å². The van der Waals surface area contributed by atoms with Crippen molar-refractivity contribution in [3.05, 3.63) is 35.4 Å². The van der Waals surface area contributed by atoms with Gasteiger partial charge in [-0.05, 0) is 42.9 Å². The van der Waals surface area contributed by atoms with E-state index in [2.05, 4.69) is 36.1 Å². The molecule has 3 nitrogen and oxygen atoms in total. The summed E-state index contributed by atoms with van der Waals surface area (Å²) >= 11 is 0. The normalized spacial score (nSPS) is 18.3. The van der Waals surface area contributed by atoms with Gasteiger partial charge in [0.1, 0.15) is 0 Å². The summed E-state index contributed by atoms with van der Waals surface area (Å²) in [6.45, 7) is 4.67. The van der Waals surface area contributed by atoms with Crippen LogP contribution in [0.1, 0.15) is 43.2 Å². The molecule has 0 fully saturated rings. The van der Waals surface area contributed by atoms with Crippen molar-refractivity contribution in [3.63, 3.8) is 0 Å². The summed E-state index contributed by atoms with van der Waals surface area (Å²) in [6, 6.07) is 8.70. The second-order valence-corrected chi connectivity index (χ2v) is 5.32. The molecule has 0 aliphatic heterocycles. The van der Waals surface area contributed by atoms with Crippen LogP contribution in [0.25, 0.3) is 0 Å². The molecule has 0 amide bonds. The van der Waals surface area contributed by atoms with Gasteiger partial charge >= 0.3 is 5.97 Å². The lowest BCUT2D eigenvalue weighted by molar-refractivity contribution is -0.137. The summed E-state index contributed by atoms with van der Waals surface area (Å²) in [5.41, 5.74) is 2.95. The van der Waals surface area contributed by atoms with Crippen LogP contribution in [0.15, 0.2) is 24.3 Å². The zero-order valence-electron chi connectivity index (χ0n) is 11.6. The van der Waals surface area contributed by atoms with Crippen LogP contribution in [-0.2, 0) is 11.2 Å². The lowest BCUT2D eigenvalue weighted by atomic mass is 9.82. The van der Waals surface area contributed by atoms with Gasteiger partial charge in [0.05, 0.1) is 6.42 Å². The maximum atomic E-state index is 10.7. The molecular formula is C16H23NO2. The molecule has 104 valence electrons. The predicted molar refractivity (Wildman–Crippen MR) is 76.5 cm³/mol. The third-order valence-corrected chi connectivity index (χ3v) is 4.06. The summed E-state index contributed by atoms with van der Waals surface area (Å²) < 4.78 is 0. The van der Waals surface area contributed by atoms with Gasteiger partial charge in [0.15, 0.2) is 0 Å². The van der Waals surface area contributed by atoms with Crippen LogP contribution in [0.2, 0.25) is 0 Å². The molecule has 1 N–H and O–H groups in total. The van der Waals surface area contributed by atoms with Gasteiger partial charge in [-0.25, -0.2) is 0 Å². The average Bonchev–Trinajstić information content (AvgIpc) is 2.43. The standard InChI is InChI=1S/C16H23NO2/c1-2-17(11-10-16(18)19)12-14-8-5-7-13-6-3-4-9-15(13)14/h3-4,6,9,14H,2,5,7-8,10-12H2,1H3,(H,18,19). The van der Waals surface area contributed by atoms with Gasteiger partial charge in [0, 0.05) is 13.1 Å². The molecule has 1 unspecified atom stereocenters. The highest BCUT2D eigenvalue weighted by atomic mass is 16.4. The van der Waals surface area contributed by atoms with Gasteiger partial charge in [-0.15, -0.1) is 0 Å². The first kappa shape index (κ1) is 14.1. The molecule has 0 saturated heterocycles. The number of aliphatic carboxylic acids is 1. The number of benzene rings is 1. The first-order valence-electron chi connectivity index (χ1n) is 7.22. The minimum atomic E-state index is -0.706. The molecule has 0 heterocycles. The fourth-order valence-electron chi connectivity index (χ4n) is 2.99. The highest BCUT2D eigenvalue weighted by Crippen LogP contribution is 2.31. The number of hydrogen-bond acceptors (Lipinski definition) is 2. The molecular weight excluding hydrogens is 238 g/mol. The van der Waals surface area contributed by atoms with Crippen molar-refractivity contribution in [1.82, 2.24) is 4.90 Å². The molecule has 3 heteroatoms. The Bertz CT molecular complexity index is 431. The monoisotopic (exact) mass is 261 g/mol. The van der Waals surface area contributed by atoms with Gasteiger partial charge in [0.2, 0.25) is 0 Å². The minimum absolute atomic E-state index is 0.238. The fourth-order valence-corrected chi connectivity index (χ4v) is 2.99. The van der Waals surface area contributed by atoms with E-state index in [1.807, 2.05) is 0 Å². The van der Waals surface area contributed by atoms with E-state index in [-0.39, 0.29) is 6.42 Å². The van der Waals surface area contributed by atoms with Gasteiger partial charge in [-0.3, -0.25) is 4.79 Å². The molecule has 19 heavy (non-hydrogen) atoms. The molecule has 2 rings (SSSR count). The van der Waals surface area contributed by atoms with E-state index < -0.39 is 5.97 Å². The zero-order valence-corrected chi connectivity index (χ0v) is 11.6. The number of hydrogen-bond donors (Lipinski definition) is 1. The van der Waals surface area contributed by atoms with Gasteiger partial charge in [-0.1, -0.05) is 31.2 Å². The SMILES string of the molecule is CCN(CCC(=O)O)CC1CCCc2ccccc21. The molecule has 1 aromatic rings. The Morgan fingerprint density at radius 2 is 2.21 bits per heavy atom. The molecule has 1 aliphatic rings. The lowest BCUT2D eigenvalue weighted by Crippen LogP contribution is -2.32. The predicted octanol–water partition coefficient (Wildman–Crippen LogP) is 2.90. The Hall–Kier alpha value is -1.35. The van der Waals surface area contributed by atoms with E-state index in [0.717, 1.165) is 13.1 Å².